The fourth-order valence-corrected chi connectivity index (χ4v) is 2.89. The minimum Gasteiger partial charge on any atom is -0.483 e. The monoisotopic (exact) mass is 335 g/mol. The number of carboxylic acid groups (broad SMARTS) is 1. The zero-order valence-electron chi connectivity index (χ0n) is 14.6. The second-order valence-electron chi connectivity index (χ2n) is 7.33. The van der Waals surface area contributed by atoms with E-state index in [1.165, 1.54) is 5.57 Å². The van der Waals surface area contributed by atoms with Crippen LogP contribution < -0.4 is 15.6 Å². The summed E-state index contributed by atoms with van der Waals surface area (Å²) in [6, 6.07) is 0. The lowest BCUT2D eigenvalue weighted by Crippen LogP contribution is -2.44. The highest BCUT2D eigenvalue weighted by atomic mass is 16.5. The molecule has 0 saturated heterocycles. The summed E-state index contributed by atoms with van der Waals surface area (Å²) < 4.78 is 5.59. The molecule has 0 aliphatic heterocycles. The molecular formula is C18H25NO5. The van der Waals surface area contributed by atoms with Crippen molar-refractivity contribution < 1.29 is 14.6 Å². The van der Waals surface area contributed by atoms with Gasteiger partial charge < -0.3 is 9.84 Å². The molecule has 132 valence electrons. The van der Waals surface area contributed by atoms with Crippen molar-refractivity contribution in [2.24, 2.45) is 0 Å². The van der Waals surface area contributed by atoms with Gasteiger partial charge in [-0.05, 0) is 46.5 Å². The molecule has 1 aromatic rings. The van der Waals surface area contributed by atoms with E-state index < -0.39 is 22.4 Å². The summed E-state index contributed by atoms with van der Waals surface area (Å²) in [5.74, 6) is -0.871. The summed E-state index contributed by atoms with van der Waals surface area (Å²) >= 11 is 0. The van der Waals surface area contributed by atoms with E-state index in [4.69, 9.17) is 9.84 Å². The zero-order chi connectivity index (χ0) is 17.9. The summed E-state index contributed by atoms with van der Waals surface area (Å²) in [6.07, 6.45) is 6.37. The van der Waals surface area contributed by atoms with E-state index in [0.717, 1.165) is 25.7 Å². The SMILES string of the molecule is CC(C)(C)Oc1c(CN(CC(=O)O)CC2=CCCCC2)c(=O)c1=O. The van der Waals surface area contributed by atoms with Crippen molar-refractivity contribution in [2.75, 3.05) is 13.1 Å². The van der Waals surface area contributed by atoms with Crippen molar-refractivity contribution in [3.8, 4) is 5.75 Å². The predicted molar refractivity (Wildman–Crippen MR) is 91.2 cm³/mol. The van der Waals surface area contributed by atoms with Gasteiger partial charge in [0.25, 0.3) is 5.43 Å². The first kappa shape index (κ1) is 18.4. The fourth-order valence-electron chi connectivity index (χ4n) is 2.89. The Morgan fingerprint density at radius 1 is 1.21 bits per heavy atom. The third-order valence-corrected chi connectivity index (χ3v) is 3.92. The first-order valence-corrected chi connectivity index (χ1v) is 8.30. The average molecular weight is 335 g/mol. The van der Waals surface area contributed by atoms with Crippen LogP contribution in [0.4, 0.5) is 0 Å². The van der Waals surface area contributed by atoms with Gasteiger partial charge in [0.15, 0.2) is 5.75 Å². The van der Waals surface area contributed by atoms with Gasteiger partial charge in [-0.1, -0.05) is 11.6 Å². The average Bonchev–Trinajstić information content (AvgIpc) is 2.49. The van der Waals surface area contributed by atoms with Crippen molar-refractivity contribution in [1.29, 1.82) is 0 Å². The van der Waals surface area contributed by atoms with Crippen molar-refractivity contribution in [3.63, 3.8) is 0 Å². The topological polar surface area (TPSA) is 83.9 Å². The van der Waals surface area contributed by atoms with E-state index in [-0.39, 0.29) is 24.4 Å². The molecule has 1 aromatic carbocycles. The molecule has 0 radical (unpaired) electrons. The minimum absolute atomic E-state index is 0.0838. The Kier molecular flexibility index (Phi) is 5.59. The smallest absolute Gasteiger partial charge is 0.317 e. The highest BCUT2D eigenvalue weighted by molar-refractivity contribution is 5.69. The van der Waals surface area contributed by atoms with Crippen LogP contribution in [0.5, 0.6) is 5.75 Å². The van der Waals surface area contributed by atoms with Gasteiger partial charge in [0.1, 0.15) is 5.60 Å². The zero-order valence-corrected chi connectivity index (χ0v) is 14.6. The van der Waals surface area contributed by atoms with Gasteiger partial charge in [0.2, 0.25) is 5.43 Å². The number of ether oxygens (including phenoxy) is 1. The van der Waals surface area contributed by atoms with Crippen molar-refractivity contribution in [3.05, 3.63) is 37.7 Å². The third-order valence-electron chi connectivity index (χ3n) is 3.92. The quantitative estimate of drug-likeness (QED) is 0.605. The Labute approximate surface area is 141 Å². The summed E-state index contributed by atoms with van der Waals surface area (Å²) in [4.78, 5) is 36.5. The van der Waals surface area contributed by atoms with E-state index in [1.807, 2.05) is 0 Å². The van der Waals surface area contributed by atoms with Gasteiger partial charge in [-0.3, -0.25) is 19.3 Å². The molecule has 0 aromatic heterocycles. The lowest BCUT2D eigenvalue weighted by Gasteiger charge is -2.27. The largest absolute Gasteiger partial charge is 0.483 e. The van der Waals surface area contributed by atoms with Crippen LogP contribution in [-0.4, -0.2) is 34.7 Å². The second-order valence-corrected chi connectivity index (χ2v) is 7.33. The second kappa shape index (κ2) is 7.30. The number of carboxylic acids is 1. The minimum atomic E-state index is -0.955. The van der Waals surface area contributed by atoms with Crippen LogP contribution >= 0.6 is 0 Å². The maximum atomic E-state index is 11.9. The van der Waals surface area contributed by atoms with Crippen LogP contribution in [0, 0.1) is 0 Å². The van der Waals surface area contributed by atoms with Gasteiger partial charge in [-0.2, -0.15) is 0 Å². The number of hydrogen-bond acceptors (Lipinski definition) is 5. The molecule has 24 heavy (non-hydrogen) atoms. The Balaban J connectivity index is 2.16. The van der Waals surface area contributed by atoms with Crippen LogP contribution in [-0.2, 0) is 11.3 Å². The maximum absolute atomic E-state index is 11.9. The molecule has 0 unspecified atom stereocenters. The molecule has 1 aliphatic carbocycles. The Morgan fingerprint density at radius 2 is 1.92 bits per heavy atom. The number of rotatable bonds is 7. The normalized spacial score (nSPS) is 15.6. The lowest BCUT2D eigenvalue weighted by atomic mass is 9.99. The molecule has 0 bridgehead atoms. The molecule has 0 saturated carbocycles. The van der Waals surface area contributed by atoms with Gasteiger partial charge in [0, 0.05) is 13.1 Å². The molecule has 0 heterocycles. The number of carbonyl (C=O) groups is 1. The Hall–Kier alpha value is -1.95. The molecule has 6 heteroatoms. The van der Waals surface area contributed by atoms with E-state index in [0.29, 0.717) is 6.54 Å². The van der Waals surface area contributed by atoms with Crippen LogP contribution in [0.25, 0.3) is 0 Å². The Morgan fingerprint density at radius 3 is 2.46 bits per heavy atom. The first-order valence-electron chi connectivity index (χ1n) is 8.30. The molecule has 2 rings (SSSR count). The van der Waals surface area contributed by atoms with Crippen molar-refractivity contribution >= 4 is 5.97 Å². The Bertz CT molecular complexity index is 704. The molecule has 0 atom stereocenters. The van der Waals surface area contributed by atoms with Gasteiger partial charge in [-0.25, -0.2) is 0 Å². The summed E-state index contributed by atoms with van der Waals surface area (Å²) in [6.45, 7) is 5.85. The predicted octanol–water partition coefficient (Wildman–Crippen LogP) is 1.85. The number of hydrogen-bond donors (Lipinski definition) is 1. The summed E-state index contributed by atoms with van der Waals surface area (Å²) in [7, 11) is 0. The molecule has 0 amide bonds. The van der Waals surface area contributed by atoms with E-state index in [1.54, 1.807) is 25.7 Å². The van der Waals surface area contributed by atoms with E-state index in [9.17, 15) is 14.4 Å². The molecular weight excluding hydrogens is 310 g/mol. The fraction of sp³-hybridized carbons (Fsp3) is 0.611. The highest BCUT2D eigenvalue weighted by Gasteiger charge is 2.28. The maximum Gasteiger partial charge on any atom is 0.317 e. The first-order chi connectivity index (χ1) is 11.2. The molecule has 0 fully saturated rings. The molecule has 6 nitrogen and oxygen atoms in total. The van der Waals surface area contributed by atoms with Crippen LogP contribution in [0.3, 0.4) is 0 Å². The van der Waals surface area contributed by atoms with Gasteiger partial charge in [0.05, 0.1) is 12.1 Å². The molecule has 0 spiro atoms. The lowest BCUT2D eigenvalue weighted by molar-refractivity contribution is -0.138. The van der Waals surface area contributed by atoms with Gasteiger partial charge in [-0.15, -0.1) is 0 Å². The number of nitrogens with zero attached hydrogens (tertiary/aromatic N) is 1. The van der Waals surface area contributed by atoms with E-state index >= 15 is 0 Å². The van der Waals surface area contributed by atoms with Gasteiger partial charge >= 0.3 is 5.97 Å². The van der Waals surface area contributed by atoms with Crippen LogP contribution in [0.15, 0.2) is 21.2 Å². The number of aliphatic carboxylic acids is 1. The summed E-state index contributed by atoms with van der Waals surface area (Å²) in [5, 5.41) is 9.13. The highest BCUT2D eigenvalue weighted by Crippen LogP contribution is 2.22. The third kappa shape index (κ3) is 4.77. The van der Waals surface area contributed by atoms with Crippen LogP contribution in [0.2, 0.25) is 0 Å². The van der Waals surface area contributed by atoms with Crippen molar-refractivity contribution in [1.82, 2.24) is 4.90 Å². The van der Waals surface area contributed by atoms with Crippen molar-refractivity contribution in [2.45, 2.75) is 58.6 Å². The standard InChI is InChI=1S/C18H25NO5/c1-18(2,3)24-17-13(15(22)16(17)23)10-19(11-14(20)21)9-12-7-5-4-6-8-12/h7H,4-6,8-11H2,1-3H3,(H,20,21). The molecule has 1 N–H and O–H groups in total. The summed E-state index contributed by atoms with van der Waals surface area (Å²) in [5.41, 5.74) is -0.290. The van der Waals surface area contributed by atoms with E-state index in [2.05, 4.69) is 6.08 Å². The number of allylic oxidation sites excluding steroid dienone is 1. The molecule has 1 aliphatic rings. The van der Waals surface area contributed by atoms with Crippen LogP contribution in [0.1, 0.15) is 52.0 Å².